The molecule has 0 aliphatic heterocycles. The number of rotatable bonds is 6. The summed E-state index contributed by atoms with van der Waals surface area (Å²) in [5.41, 5.74) is 3.67. The molecular formula is C22H20INO2. The highest BCUT2D eigenvalue weighted by Gasteiger charge is 2.13. The fraction of sp³-hybridized carbons (Fsp3) is 0.136. The van der Waals surface area contributed by atoms with Gasteiger partial charge in [0.25, 0.3) is 5.91 Å². The van der Waals surface area contributed by atoms with Crippen molar-refractivity contribution in [1.29, 1.82) is 0 Å². The Morgan fingerprint density at radius 1 is 0.962 bits per heavy atom. The van der Waals surface area contributed by atoms with E-state index in [2.05, 4.69) is 40.0 Å². The first-order valence-electron chi connectivity index (χ1n) is 8.47. The van der Waals surface area contributed by atoms with Gasteiger partial charge in [0.1, 0.15) is 5.75 Å². The van der Waals surface area contributed by atoms with E-state index < -0.39 is 0 Å². The van der Waals surface area contributed by atoms with E-state index in [0.29, 0.717) is 23.6 Å². The number of amides is 1. The first-order chi connectivity index (χ1) is 12.6. The number of nitrogens with one attached hydrogen (secondary N) is 1. The molecule has 26 heavy (non-hydrogen) atoms. The Hall–Kier alpha value is -2.34. The molecule has 0 aromatic heterocycles. The van der Waals surface area contributed by atoms with Gasteiger partial charge in [-0.1, -0.05) is 54.6 Å². The van der Waals surface area contributed by atoms with Crippen LogP contribution >= 0.6 is 22.6 Å². The van der Waals surface area contributed by atoms with Gasteiger partial charge in [0, 0.05) is 9.99 Å². The van der Waals surface area contributed by atoms with Gasteiger partial charge in [-0.2, -0.15) is 0 Å². The van der Waals surface area contributed by atoms with Crippen LogP contribution in [0.3, 0.4) is 0 Å². The maximum Gasteiger partial charge on any atom is 0.256 e. The number of ether oxygens (including phenoxy) is 1. The Morgan fingerprint density at radius 2 is 1.69 bits per heavy atom. The van der Waals surface area contributed by atoms with Gasteiger partial charge >= 0.3 is 0 Å². The lowest BCUT2D eigenvalue weighted by Gasteiger charge is -2.13. The van der Waals surface area contributed by atoms with Crippen LogP contribution in [0.5, 0.6) is 5.75 Å². The Kier molecular flexibility index (Phi) is 6.28. The summed E-state index contributed by atoms with van der Waals surface area (Å²) < 4.78 is 6.88. The Morgan fingerprint density at radius 3 is 2.50 bits per heavy atom. The highest BCUT2D eigenvalue weighted by Crippen LogP contribution is 2.26. The number of anilines is 1. The molecule has 1 N–H and O–H groups in total. The maximum atomic E-state index is 12.7. The first-order valence-corrected chi connectivity index (χ1v) is 9.55. The van der Waals surface area contributed by atoms with Crippen LogP contribution in [0.15, 0.2) is 72.8 Å². The molecule has 3 rings (SSSR count). The van der Waals surface area contributed by atoms with E-state index in [-0.39, 0.29) is 5.91 Å². The molecule has 0 aliphatic rings. The van der Waals surface area contributed by atoms with Gasteiger partial charge in [0.15, 0.2) is 0 Å². The third-order valence-electron chi connectivity index (χ3n) is 4.06. The van der Waals surface area contributed by atoms with Crippen molar-refractivity contribution in [3.63, 3.8) is 0 Å². The fourth-order valence-corrected chi connectivity index (χ4v) is 3.24. The summed E-state index contributed by atoms with van der Waals surface area (Å²) >= 11 is 2.21. The van der Waals surface area contributed by atoms with Crippen LogP contribution in [0.2, 0.25) is 0 Å². The third kappa shape index (κ3) is 4.64. The van der Waals surface area contributed by atoms with Crippen molar-refractivity contribution in [2.75, 3.05) is 11.9 Å². The van der Waals surface area contributed by atoms with Gasteiger partial charge in [0.2, 0.25) is 0 Å². The van der Waals surface area contributed by atoms with Crippen molar-refractivity contribution >= 4 is 34.2 Å². The van der Waals surface area contributed by atoms with Gasteiger partial charge in [0.05, 0.1) is 17.9 Å². The molecule has 0 heterocycles. The number of para-hydroxylation sites is 2. The van der Waals surface area contributed by atoms with Crippen LogP contribution in [0, 0.1) is 10.5 Å². The molecule has 1 amide bonds. The van der Waals surface area contributed by atoms with Crippen LogP contribution in [0.4, 0.5) is 5.69 Å². The number of aryl methyl sites for hydroxylation is 1. The molecule has 3 aromatic carbocycles. The van der Waals surface area contributed by atoms with Gasteiger partial charge in [-0.15, -0.1) is 0 Å². The SMILES string of the molecule is Cc1cccc(C(=O)Nc2ccccc2OCCc2ccccc2)c1I. The van der Waals surface area contributed by atoms with E-state index in [9.17, 15) is 4.79 Å². The summed E-state index contributed by atoms with van der Waals surface area (Å²) in [6.45, 7) is 2.55. The summed E-state index contributed by atoms with van der Waals surface area (Å²) in [4.78, 5) is 12.7. The predicted molar refractivity (Wildman–Crippen MR) is 114 cm³/mol. The van der Waals surface area contributed by atoms with Crippen molar-refractivity contribution < 1.29 is 9.53 Å². The zero-order chi connectivity index (χ0) is 18.4. The smallest absolute Gasteiger partial charge is 0.256 e. The number of hydrogen-bond acceptors (Lipinski definition) is 2. The summed E-state index contributed by atoms with van der Waals surface area (Å²) in [5, 5.41) is 2.97. The molecule has 0 radical (unpaired) electrons. The normalized spacial score (nSPS) is 10.4. The fourth-order valence-electron chi connectivity index (χ4n) is 2.63. The lowest BCUT2D eigenvalue weighted by molar-refractivity contribution is 0.102. The highest BCUT2D eigenvalue weighted by molar-refractivity contribution is 14.1. The van der Waals surface area contributed by atoms with E-state index in [4.69, 9.17) is 4.74 Å². The second-order valence-corrected chi connectivity index (χ2v) is 7.05. The minimum Gasteiger partial charge on any atom is -0.491 e. The number of carbonyl (C=O) groups excluding carboxylic acids is 1. The second-order valence-electron chi connectivity index (χ2n) is 5.97. The van der Waals surface area contributed by atoms with Crippen molar-refractivity contribution in [3.8, 4) is 5.75 Å². The average Bonchev–Trinajstić information content (AvgIpc) is 2.66. The molecule has 0 bridgehead atoms. The molecule has 0 unspecified atom stereocenters. The van der Waals surface area contributed by atoms with Crippen molar-refractivity contribution in [2.24, 2.45) is 0 Å². The number of benzene rings is 3. The monoisotopic (exact) mass is 457 g/mol. The number of carbonyl (C=O) groups is 1. The lowest BCUT2D eigenvalue weighted by atomic mass is 10.1. The van der Waals surface area contributed by atoms with Crippen molar-refractivity contribution in [1.82, 2.24) is 0 Å². The van der Waals surface area contributed by atoms with Crippen LogP contribution in [0.1, 0.15) is 21.5 Å². The summed E-state index contributed by atoms with van der Waals surface area (Å²) in [5.74, 6) is 0.552. The van der Waals surface area contributed by atoms with E-state index >= 15 is 0 Å². The maximum absolute atomic E-state index is 12.7. The Bertz CT molecular complexity index is 894. The van der Waals surface area contributed by atoms with Crippen molar-refractivity contribution in [3.05, 3.63) is 93.1 Å². The van der Waals surface area contributed by atoms with Crippen LogP contribution in [0.25, 0.3) is 0 Å². The van der Waals surface area contributed by atoms with Gasteiger partial charge in [-0.25, -0.2) is 0 Å². The van der Waals surface area contributed by atoms with Crippen LogP contribution in [-0.4, -0.2) is 12.5 Å². The van der Waals surface area contributed by atoms with Gasteiger partial charge < -0.3 is 10.1 Å². The number of halogens is 1. The molecule has 132 valence electrons. The standard InChI is InChI=1S/C22H20INO2/c1-16-8-7-11-18(21(16)23)22(25)24-19-12-5-6-13-20(19)26-15-14-17-9-3-2-4-10-17/h2-13H,14-15H2,1H3,(H,24,25). The average molecular weight is 457 g/mol. The van der Waals surface area contributed by atoms with Crippen LogP contribution in [-0.2, 0) is 6.42 Å². The quantitative estimate of drug-likeness (QED) is 0.499. The predicted octanol–water partition coefficient (Wildman–Crippen LogP) is 5.47. The van der Waals surface area contributed by atoms with E-state index in [1.165, 1.54) is 5.56 Å². The minimum absolute atomic E-state index is 0.128. The van der Waals surface area contributed by atoms with E-state index in [0.717, 1.165) is 15.6 Å². The summed E-state index contributed by atoms with van der Waals surface area (Å²) in [7, 11) is 0. The second kappa shape index (κ2) is 8.85. The first kappa shape index (κ1) is 18.5. The van der Waals surface area contributed by atoms with Gasteiger partial charge in [-0.3, -0.25) is 4.79 Å². The number of hydrogen-bond donors (Lipinski definition) is 1. The van der Waals surface area contributed by atoms with Crippen LogP contribution < -0.4 is 10.1 Å². The topological polar surface area (TPSA) is 38.3 Å². The molecule has 0 spiro atoms. The lowest BCUT2D eigenvalue weighted by Crippen LogP contribution is -2.15. The molecular weight excluding hydrogens is 437 g/mol. The molecule has 0 atom stereocenters. The Balaban J connectivity index is 1.69. The third-order valence-corrected chi connectivity index (χ3v) is 5.49. The summed E-state index contributed by atoms with van der Waals surface area (Å²) in [6, 6.07) is 23.5. The molecule has 4 heteroatoms. The highest BCUT2D eigenvalue weighted by atomic mass is 127. The van der Waals surface area contributed by atoms with E-state index in [1.807, 2.05) is 67.6 Å². The molecule has 3 aromatic rings. The molecule has 3 nitrogen and oxygen atoms in total. The molecule has 0 aliphatic carbocycles. The largest absolute Gasteiger partial charge is 0.491 e. The van der Waals surface area contributed by atoms with Crippen molar-refractivity contribution in [2.45, 2.75) is 13.3 Å². The Labute approximate surface area is 167 Å². The van der Waals surface area contributed by atoms with E-state index in [1.54, 1.807) is 0 Å². The molecule has 0 fully saturated rings. The van der Waals surface area contributed by atoms with Gasteiger partial charge in [-0.05, 0) is 58.8 Å². The zero-order valence-corrected chi connectivity index (χ0v) is 16.7. The zero-order valence-electron chi connectivity index (χ0n) is 14.5. The molecule has 0 saturated heterocycles. The molecule has 0 saturated carbocycles. The summed E-state index contributed by atoms with van der Waals surface area (Å²) in [6.07, 6.45) is 0.818. The minimum atomic E-state index is -0.128.